The summed E-state index contributed by atoms with van der Waals surface area (Å²) in [6.07, 6.45) is -0.155. The number of amides is 1. The Hall–Kier alpha value is -0.730. The molecule has 21 heavy (non-hydrogen) atoms. The van der Waals surface area contributed by atoms with E-state index in [1.807, 2.05) is 0 Å². The van der Waals surface area contributed by atoms with Crippen LogP contribution in [0.5, 0.6) is 0 Å². The lowest BCUT2D eigenvalue weighted by molar-refractivity contribution is 0.0635. The molecule has 0 spiro atoms. The number of thiol groups is 1. The summed E-state index contributed by atoms with van der Waals surface area (Å²) in [5, 5.41) is 4.10. The van der Waals surface area contributed by atoms with Gasteiger partial charge < -0.3 is 4.74 Å². The first-order chi connectivity index (χ1) is 9.60. The molecular formula is C13H21NO4S3. The van der Waals surface area contributed by atoms with Crippen LogP contribution in [0.15, 0.2) is 10.3 Å². The highest BCUT2D eigenvalue weighted by Crippen LogP contribution is 2.34. The molecule has 1 heterocycles. The molecule has 0 aliphatic heterocycles. The fraction of sp³-hybridized carbons (Fsp3) is 0.615. The van der Waals surface area contributed by atoms with E-state index in [2.05, 4.69) is 17.9 Å². The number of hydrogen-bond donors (Lipinski definition) is 2. The summed E-state index contributed by atoms with van der Waals surface area (Å²) >= 11 is 5.44. The average molecular weight is 352 g/mol. The van der Waals surface area contributed by atoms with E-state index in [-0.39, 0.29) is 16.3 Å². The summed E-state index contributed by atoms with van der Waals surface area (Å²) < 4.78 is 29.7. The second-order valence-corrected chi connectivity index (χ2v) is 8.86. The fourth-order valence-corrected chi connectivity index (χ4v) is 4.78. The van der Waals surface area contributed by atoms with Gasteiger partial charge in [0.2, 0.25) is 0 Å². The third kappa shape index (κ3) is 5.19. The van der Waals surface area contributed by atoms with Crippen molar-refractivity contribution < 1.29 is 17.9 Å². The van der Waals surface area contributed by atoms with Crippen molar-refractivity contribution in [2.75, 3.05) is 11.1 Å². The first kappa shape index (κ1) is 18.3. The first-order valence-electron chi connectivity index (χ1n) is 6.54. The molecule has 0 saturated heterocycles. The molecule has 1 aromatic rings. The normalized spacial score (nSPS) is 12.2. The van der Waals surface area contributed by atoms with Gasteiger partial charge in [0.05, 0.1) is 11.4 Å². The van der Waals surface area contributed by atoms with Gasteiger partial charge in [-0.3, -0.25) is 5.32 Å². The van der Waals surface area contributed by atoms with Crippen LogP contribution >= 0.6 is 24.0 Å². The maximum Gasteiger partial charge on any atom is 0.412 e. The van der Waals surface area contributed by atoms with E-state index in [1.54, 1.807) is 33.1 Å². The van der Waals surface area contributed by atoms with Crippen molar-refractivity contribution in [2.24, 2.45) is 0 Å². The van der Waals surface area contributed by atoms with Crippen LogP contribution in [0.4, 0.5) is 10.5 Å². The fourth-order valence-electron chi connectivity index (χ4n) is 1.64. The Bertz CT molecular complexity index is 599. The van der Waals surface area contributed by atoms with Gasteiger partial charge in [-0.05, 0) is 27.2 Å². The third-order valence-electron chi connectivity index (χ3n) is 2.41. The van der Waals surface area contributed by atoms with Gasteiger partial charge in [-0.15, -0.1) is 11.3 Å². The van der Waals surface area contributed by atoms with E-state index >= 15 is 0 Å². The van der Waals surface area contributed by atoms with Crippen LogP contribution in [0.1, 0.15) is 39.0 Å². The minimum atomic E-state index is -3.41. The molecule has 5 nitrogen and oxygen atoms in total. The third-order valence-corrected chi connectivity index (χ3v) is 6.01. The predicted octanol–water partition coefficient (Wildman–Crippen LogP) is 3.71. The van der Waals surface area contributed by atoms with Gasteiger partial charge in [0.25, 0.3) is 0 Å². The van der Waals surface area contributed by atoms with Crippen molar-refractivity contribution in [3.8, 4) is 0 Å². The largest absolute Gasteiger partial charge is 0.444 e. The van der Waals surface area contributed by atoms with Crippen molar-refractivity contribution >= 4 is 45.6 Å². The number of nitrogens with one attached hydrogen (secondary N) is 1. The van der Waals surface area contributed by atoms with E-state index in [0.717, 1.165) is 0 Å². The number of carbonyl (C=O) groups is 1. The smallest absolute Gasteiger partial charge is 0.412 e. The Morgan fingerprint density at radius 2 is 2.05 bits per heavy atom. The molecule has 0 fully saturated rings. The summed E-state index contributed by atoms with van der Waals surface area (Å²) in [5.41, 5.74) is -0.360. The molecule has 1 amide bonds. The number of thiophene rings is 1. The van der Waals surface area contributed by atoms with Crippen molar-refractivity contribution in [3.63, 3.8) is 0 Å². The van der Waals surface area contributed by atoms with E-state index in [1.165, 1.54) is 11.3 Å². The Balaban J connectivity index is 3.11. The van der Waals surface area contributed by atoms with Gasteiger partial charge in [-0.2, -0.15) is 12.6 Å². The SMILES string of the molecule is CCCS(=O)(=O)c1csc(CS)c1NC(=O)OC(C)(C)C. The van der Waals surface area contributed by atoms with Crippen molar-refractivity contribution in [1.82, 2.24) is 0 Å². The highest BCUT2D eigenvalue weighted by Gasteiger charge is 2.25. The number of hydrogen-bond acceptors (Lipinski definition) is 6. The van der Waals surface area contributed by atoms with Crippen LogP contribution in [0.2, 0.25) is 0 Å². The van der Waals surface area contributed by atoms with Crippen molar-refractivity contribution in [2.45, 2.75) is 50.4 Å². The maximum absolute atomic E-state index is 12.2. The summed E-state index contributed by atoms with van der Waals surface area (Å²) in [7, 11) is -3.41. The molecule has 0 aliphatic carbocycles. The summed E-state index contributed by atoms with van der Waals surface area (Å²) in [6, 6.07) is 0. The van der Waals surface area contributed by atoms with Crippen LogP contribution in [0, 0.1) is 0 Å². The molecule has 1 rings (SSSR count). The highest BCUT2D eigenvalue weighted by atomic mass is 32.2. The Morgan fingerprint density at radius 3 is 2.52 bits per heavy atom. The van der Waals surface area contributed by atoms with Crippen molar-refractivity contribution in [1.29, 1.82) is 0 Å². The molecule has 0 atom stereocenters. The zero-order chi connectivity index (χ0) is 16.3. The van der Waals surface area contributed by atoms with E-state index in [4.69, 9.17) is 4.74 Å². The highest BCUT2D eigenvalue weighted by molar-refractivity contribution is 7.91. The Kier molecular flexibility index (Phi) is 6.12. The number of anilines is 1. The van der Waals surface area contributed by atoms with E-state index in [0.29, 0.717) is 17.1 Å². The quantitative estimate of drug-likeness (QED) is 0.793. The summed E-state index contributed by atoms with van der Waals surface area (Å²) in [4.78, 5) is 12.7. The summed E-state index contributed by atoms with van der Waals surface area (Å²) in [6.45, 7) is 7.03. The maximum atomic E-state index is 12.2. The van der Waals surface area contributed by atoms with Gasteiger partial charge >= 0.3 is 6.09 Å². The van der Waals surface area contributed by atoms with Crippen LogP contribution in [-0.2, 0) is 20.3 Å². The van der Waals surface area contributed by atoms with Gasteiger partial charge in [0.1, 0.15) is 10.5 Å². The van der Waals surface area contributed by atoms with Gasteiger partial charge in [0, 0.05) is 16.0 Å². The molecule has 0 aromatic carbocycles. The second-order valence-electron chi connectivity index (χ2n) is 5.50. The standard InChI is InChI=1S/C13H21NO4S3/c1-5-6-21(16,17)10-8-20-9(7-19)11(10)14-12(15)18-13(2,3)4/h8,19H,5-7H2,1-4H3,(H,14,15). The zero-order valence-electron chi connectivity index (χ0n) is 12.6. The monoisotopic (exact) mass is 351 g/mol. The van der Waals surface area contributed by atoms with Gasteiger partial charge in [-0.1, -0.05) is 6.92 Å². The van der Waals surface area contributed by atoms with E-state index < -0.39 is 21.5 Å². The predicted molar refractivity (Wildman–Crippen MR) is 89.2 cm³/mol. The molecule has 120 valence electrons. The number of carbonyl (C=O) groups excluding carboxylic acids is 1. The lowest BCUT2D eigenvalue weighted by Crippen LogP contribution is -2.27. The molecular weight excluding hydrogens is 330 g/mol. The molecule has 0 saturated carbocycles. The van der Waals surface area contributed by atoms with Gasteiger partial charge in [0.15, 0.2) is 9.84 Å². The van der Waals surface area contributed by atoms with Crippen LogP contribution in [0.25, 0.3) is 0 Å². The molecule has 0 unspecified atom stereocenters. The summed E-state index contributed by atoms with van der Waals surface area (Å²) in [5.74, 6) is 0.385. The van der Waals surface area contributed by atoms with Crippen LogP contribution in [-0.4, -0.2) is 25.9 Å². The molecule has 0 bridgehead atoms. The lowest BCUT2D eigenvalue weighted by atomic mass is 10.2. The molecule has 0 aliphatic rings. The minimum absolute atomic E-state index is 0.0404. The number of ether oxygens (including phenoxy) is 1. The number of rotatable bonds is 5. The van der Waals surface area contributed by atoms with Crippen LogP contribution in [0.3, 0.4) is 0 Å². The second kappa shape index (κ2) is 7.02. The first-order valence-corrected chi connectivity index (χ1v) is 9.71. The van der Waals surface area contributed by atoms with E-state index in [9.17, 15) is 13.2 Å². The lowest BCUT2D eigenvalue weighted by Gasteiger charge is -2.20. The molecule has 1 N–H and O–H groups in total. The Labute approximate surface area is 135 Å². The van der Waals surface area contributed by atoms with Crippen LogP contribution < -0.4 is 5.32 Å². The Morgan fingerprint density at radius 1 is 1.43 bits per heavy atom. The van der Waals surface area contributed by atoms with Crippen molar-refractivity contribution in [3.05, 3.63) is 10.3 Å². The molecule has 0 radical (unpaired) electrons. The molecule has 1 aromatic heterocycles. The minimum Gasteiger partial charge on any atom is -0.444 e. The number of sulfone groups is 1. The molecule has 8 heteroatoms. The average Bonchev–Trinajstić information content (AvgIpc) is 2.69. The van der Waals surface area contributed by atoms with Gasteiger partial charge in [-0.25, -0.2) is 13.2 Å². The zero-order valence-corrected chi connectivity index (χ0v) is 15.1. The topological polar surface area (TPSA) is 72.5 Å².